The third-order valence-corrected chi connectivity index (χ3v) is 3.22. The predicted octanol–water partition coefficient (Wildman–Crippen LogP) is 2.81. The molecule has 5 heteroatoms. The van der Waals surface area contributed by atoms with Gasteiger partial charge in [0, 0.05) is 18.6 Å². The van der Waals surface area contributed by atoms with Crippen molar-refractivity contribution < 1.29 is 0 Å². The summed E-state index contributed by atoms with van der Waals surface area (Å²) in [7, 11) is 1.96. The first-order valence-electron chi connectivity index (χ1n) is 6.45. The van der Waals surface area contributed by atoms with E-state index in [0.717, 1.165) is 17.1 Å². The molecule has 1 atom stereocenters. The molecule has 0 radical (unpaired) electrons. The Morgan fingerprint density at radius 3 is 2.63 bits per heavy atom. The maximum absolute atomic E-state index is 6.02. The first-order chi connectivity index (χ1) is 8.95. The van der Waals surface area contributed by atoms with E-state index in [1.54, 1.807) is 0 Å². The zero-order valence-corrected chi connectivity index (χ0v) is 12.8. The van der Waals surface area contributed by atoms with Crippen molar-refractivity contribution in [3.05, 3.63) is 34.9 Å². The van der Waals surface area contributed by atoms with E-state index in [1.807, 2.05) is 36.2 Å². The number of nitrogens with one attached hydrogen (secondary N) is 1. The van der Waals surface area contributed by atoms with Crippen molar-refractivity contribution in [2.24, 2.45) is 16.8 Å². The van der Waals surface area contributed by atoms with Crippen LogP contribution in [0.1, 0.15) is 32.4 Å². The van der Waals surface area contributed by atoms with Gasteiger partial charge in [0.25, 0.3) is 0 Å². The van der Waals surface area contributed by atoms with Crippen LogP contribution in [-0.4, -0.2) is 24.5 Å². The number of aliphatic imine (C=N–C) groups is 1. The van der Waals surface area contributed by atoms with E-state index in [2.05, 4.69) is 31.2 Å². The summed E-state index contributed by atoms with van der Waals surface area (Å²) in [6.45, 7) is 7.08. The molecule has 0 saturated carbocycles. The van der Waals surface area contributed by atoms with Gasteiger partial charge in [-0.2, -0.15) is 0 Å². The number of rotatable bonds is 4. The summed E-state index contributed by atoms with van der Waals surface area (Å²) < 4.78 is 0. The number of guanidine groups is 1. The van der Waals surface area contributed by atoms with Crippen molar-refractivity contribution in [3.8, 4) is 0 Å². The van der Waals surface area contributed by atoms with Crippen LogP contribution in [0.15, 0.2) is 29.3 Å². The first-order valence-corrected chi connectivity index (χ1v) is 6.82. The molecule has 4 nitrogen and oxygen atoms in total. The largest absolute Gasteiger partial charge is 0.338 e. The molecule has 1 rings (SSSR count). The van der Waals surface area contributed by atoms with E-state index in [1.165, 1.54) is 0 Å². The van der Waals surface area contributed by atoms with Crippen LogP contribution >= 0.6 is 11.6 Å². The number of hydrogen-bond donors (Lipinski definition) is 2. The highest BCUT2D eigenvalue weighted by molar-refractivity contribution is 6.30. The van der Waals surface area contributed by atoms with Gasteiger partial charge in [-0.25, -0.2) is 5.84 Å². The number of halogens is 1. The highest BCUT2D eigenvalue weighted by atomic mass is 35.5. The molecule has 1 unspecified atom stereocenters. The van der Waals surface area contributed by atoms with Crippen LogP contribution in [-0.2, 0) is 0 Å². The zero-order valence-electron chi connectivity index (χ0n) is 12.0. The van der Waals surface area contributed by atoms with E-state index in [0.29, 0.717) is 11.9 Å². The van der Waals surface area contributed by atoms with Crippen LogP contribution in [0, 0.1) is 5.92 Å². The van der Waals surface area contributed by atoms with Gasteiger partial charge in [0.1, 0.15) is 0 Å². The lowest BCUT2D eigenvalue weighted by atomic mass is 10.1. The Balaban J connectivity index is 2.85. The lowest BCUT2D eigenvalue weighted by Crippen LogP contribution is -2.44. The second kappa shape index (κ2) is 7.36. The molecule has 1 aromatic carbocycles. The predicted molar refractivity (Wildman–Crippen MR) is 82.1 cm³/mol. The fraction of sp³-hybridized carbons (Fsp3) is 0.500. The molecule has 0 bridgehead atoms. The number of nitrogens with zero attached hydrogens (tertiary/aromatic N) is 2. The standard InChI is InChI=1S/C14H23ClN4/c1-10(2)9-17-14(18-16)19(4)11(3)12-6-5-7-13(15)8-12/h5-8,10-11H,9,16H2,1-4H3,(H,17,18). The Morgan fingerprint density at radius 1 is 1.42 bits per heavy atom. The first kappa shape index (κ1) is 15.8. The highest BCUT2D eigenvalue weighted by Crippen LogP contribution is 2.21. The fourth-order valence-corrected chi connectivity index (χ4v) is 1.90. The van der Waals surface area contributed by atoms with Crippen LogP contribution in [0.5, 0.6) is 0 Å². The summed E-state index contributed by atoms with van der Waals surface area (Å²) in [5.74, 6) is 6.74. The van der Waals surface area contributed by atoms with Crippen molar-refractivity contribution in [2.45, 2.75) is 26.8 Å². The summed E-state index contributed by atoms with van der Waals surface area (Å²) in [6.07, 6.45) is 0. The smallest absolute Gasteiger partial charge is 0.208 e. The van der Waals surface area contributed by atoms with Gasteiger partial charge in [-0.1, -0.05) is 37.6 Å². The van der Waals surface area contributed by atoms with Crippen molar-refractivity contribution in [1.29, 1.82) is 0 Å². The van der Waals surface area contributed by atoms with Gasteiger partial charge in [0.05, 0.1) is 6.04 Å². The van der Waals surface area contributed by atoms with Crippen LogP contribution in [0.3, 0.4) is 0 Å². The summed E-state index contributed by atoms with van der Waals surface area (Å²) in [4.78, 5) is 6.49. The van der Waals surface area contributed by atoms with Crippen LogP contribution in [0.4, 0.5) is 0 Å². The Kier molecular flexibility index (Phi) is 6.12. The Labute approximate surface area is 120 Å². The average molecular weight is 283 g/mol. The second-order valence-electron chi connectivity index (χ2n) is 5.04. The van der Waals surface area contributed by atoms with Crippen LogP contribution < -0.4 is 11.3 Å². The quantitative estimate of drug-likeness (QED) is 0.386. The second-order valence-corrected chi connectivity index (χ2v) is 5.48. The number of benzene rings is 1. The molecule has 0 spiro atoms. The minimum Gasteiger partial charge on any atom is -0.338 e. The molecule has 0 saturated heterocycles. The van der Waals surface area contributed by atoms with Crippen LogP contribution in [0.25, 0.3) is 0 Å². The maximum Gasteiger partial charge on any atom is 0.208 e. The number of nitrogens with two attached hydrogens (primary N) is 1. The summed E-state index contributed by atoms with van der Waals surface area (Å²) >= 11 is 6.02. The van der Waals surface area contributed by atoms with E-state index < -0.39 is 0 Å². The molecular weight excluding hydrogens is 260 g/mol. The third kappa shape index (κ3) is 4.73. The van der Waals surface area contributed by atoms with E-state index in [9.17, 15) is 0 Å². The molecule has 0 heterocycles. The summed E-state index contributed by atoms with van der Waals surface area (Å²) in [5, 5.41) is 0.735. The Bertz CT molecular complexity index is 431. The normalized spacial score (nSPS) is 13.5. The van der Waals surface area contributed by atoms with Gasteiger partial charge >= 0.3 is 0 Å². The molecule has 0 aliphatic carbocycles. The van der Waals surface area contributed by atoms with Gasteiger partial charge in [-0.15, -0.1) is 0 Å². The molecule has 0 aromatic heterocycles. The topological polar surface area (TPSA) is 53.6 Å². The SMILES string of the molecule is CC(C)CN=C(NN)N(C)C(C)c1cccc(Cl)c1. The van der Waals surface area contributed by atoms with Gasteiger partial charge in [-0.05, 0) is 30.5 Å². The van der Waals surface area contributed by atoms with Crippen molar-refractivity contribution in [1.82, 2.24) is 10.3 Å². The molecule has 0 amide bonds. The molecule has 106 valence electrons. The molecule has 19 heavy (non-hydrogen) atoms. The molecular formula is C14H23ClN4. The van der Waals surface area contributed by atoms with Gasteiger partial charge < -0.3 is 4.90 Å². The highest BCUT2D eigenvalue weighted by Gasteiger charge is 2.15. The fourth-order valence-electron chi connectivity index (χ4n) is 1.70. The van der Waals surface area contributed by atoms with E-state index >= 15 is 0 Å². The monoisotopic (exact) mass is 282 g/mol. The minimum atomic E-state index is 0.140. The molecule has 0 fully saturated rings. The molecule has 0 aliphatic heterocycles. The van der Waals surface area contributed by atoms with E-state index in [4.69, 9.17) is 17.4 Å². The van der Waals surface area contributed by atoms with E-state index in [-0.39, 0.29) is 6.04 Å². The lowest BCUT2D eigenvalue weighted by molar-refractivity contribution is 0.385. The van der Waals surface area contributed by atoms with Gasteiger partial charge in [0.15, 0.2) is 0 Å². The summed E-state index contributed by atoms with van der Waals surface area (Å²) in [6, 6.07) is 7.96. The van der Waals surface area contributed by atoms with Gasteiger partial charge in [-0.3, -0.25) is 10.4 Å². The zero-order chi connectivity index (χ0) is 14.4. The third-order valence-electron chi connectivity index (χ3n) is 2.98. The molecule has 3 N–H and O–H groups in total. The Morgan fingerprint density at radius 2 is 2.11 bits per heavy atom. The molecule has 1 aromatic rings. The van der Waals surface area contributed by atoms with Crippen molar-refractivity contribution in [2.75, 3.05) is 13.6 Å². The Hall–Kier alpha value is -1.26. The molecule has 0 aliphatic rings. The lowest BCUT2D eigenvalue weighted by Gasteiger charge is -2.28. The average Bonchev–Trinajstić information content (AvgIpc) is 2.38. The minimum absolute atomic E-state index is 0.140. The van der Waals surface area contributed by atoms with Gasteiger partial charge in [0.2, 0.25) is 5.96 Å². The number of hydrogen-bond acceptors (Lipinski definition) is 2. The van der Waals surface area contributed by atoms with Crippen LogP contribution in [0.2, 0.25) is 5.02 Å². The number of hydrazine groups is 1. The summed E-state index contributed by atoms with van der Waals surface area (Å²) in [5.41, 5.74) is 3.79. The van der Waals surface area contributed by atoms with Crippen molar-refractivity contribution in [3.63, 3.8) is 0 Å². The maximum atomic E-state index is 6.02. The van der Waals surface area contributed by atoms with Crippen molar-refractivity contribution >= 4 is 17.6 Å².